The molecule has 4 aromatic rings. The molecule has 0 fully saturated rings. The standard InChI is InChI=1S/C21H16BrF2N5O2/c22-15-10-25-29(12-15)11-14-2-1-3-17(8-14)26-21(30)19-6-7-28(27-19)13-31-20-5-4-16(23)9-18(20)24/h1-10,12H,11,13H2,(H,26,30). The Balaban J connectivity index is 1.37. The van der Waals surface area contributed by atoms with Crippen LogP contribution in [0.3, 0.4) is 0 Å². The van der Waals surface area contributed by atoms with Gasteiger partial charge in [-0.05, 0) is 51.8 Å². The van der Waals surface area contributed by atoms with Gasteiger partial charge >= 0.3 is 0 Å². The summed E-state index contributed by atoms with van der Waals surface area (Å²) in [6, 6.07) is 11.9. The Hall–Kier alpha value is -3.53. The van der Waals surface area contributed by atoms with Gasteiger partial charge in [0.2, 0.25) is 0 Å². The Kier molecular flexibility index (Phi) is 6.08. The number of nitrogens with zero attached hydrogens (tertiary/aromatic N) is 4. The van der Waals surface area contributed by atoms with E-state index in [1.54, 1.807) is 16.9 Å². The minimum atomic E-state index is -0.813. The highest BCUT2D eigenvalue weighted by Gasteiger charge is 2.11. The number of anilines is 1. The first-order valence-corrected chi connectivity index (χ1v) is 9.95. The molecule has 0 aliphatic heterocycles. The second-order valence-electron chi connectivity index (χ2n) is 6.60. The van der Waals surface area contributed by atoms with Crippen molar-refractivity contribution in [1.82, 2.24) is 19.6 Å². The lowest BCUT2D eigenvalue weighted by atomic mass is 10.2. The maximum Gasteiger partial charge on any atom is 0.276 e. The van der Waals surface area contributed by atoms with E-state index in [-0.39, 0.29) is 18.2 Å². The number of halogens is 3. The summed E-state index contributed by atoms with van der Waals surface area (Å²) in [5.41, 5.74) is 1.76. The van der Waals surface area contributed by atoms with Crippen molar-refractivity contribution in [3.05, 3.63) is 94.5 Å². The molecule has 2 aromatic heterocycles. The number of aromatic nitrogens is 4. The van der Waals surface area contributed by atoms with E-state index in [0.717, 1.165) is 22.2 Å². The first-order chi connectivity index (χ1) is 15.0. The van der Waals surface area contributed by atoms with Crippen LogP contribution < -0.4 is 10.1 Å². The number of carbonyl (C=O) groups is 1. The zero-order chi connectivity index (χ0) is 21.8. The quantitative estimate of drug-likeness (QED) is 0.417. The van der Waals surface area contributed by atoms with Gasteiger partial charge in [-0.25, -0.2) is 13.5 Å². The fraction of sp³-hybridized carbons (Fsp3) is 0.0952. The van der Waals surface area contributed by atoms with Gasteiger partial charge in [-0.1, -0.05) is 12.1 Å². The number of hydrogen-bond donors (Lipinski definition) is 1. The van der Waals surface area contributed by atoms with E-state index < -0.39 is 17.5 Å². The predicted molar refractivity (Wildman–Crippen MR) is 113 cm³/mol. The molecule has 0 spiro atoms. The second kappa shape index (κ2) is 9.09. The smallest absolute Gasteiger partial charge is 0.276 e. The van der Waals surface area contributed by atoms with E-state index >= 15 is 0 Å². The van der Waals surface area contributed by atoms with Crippen molar-refractivity contribution in [2.75, 3.05) is 5.32 Å². The number of nitrogens with one attached hydrogen (secondary N) is 1. The number of ether oxygens (including phenoxy) is 1. The number of benzene rings is 2. The van der Waals surface area contributed by atoms with Crippen LogP contribution in [-0.2, 0) is 13.3 Å². The molecular weight excluding hydrogens is 472 g/mol. The van der Waals surface area contributed by atoms with E-state index in [2.05, 4.69) is 31.4 Å². The van der Waals surface area contributed by atoms with Crippen LogP contribution in [-0.4, -0.2) is 25.5 Å². The van der Waals surface area contributed by atoms with Crippen molar-refractivity contribution >= 4 is 27.5 Å². The van der Waals surface area contributed by atoms with Crippen LogP contribution in [0.5, 0.6) is 5.75 Å². The van der Waals surface area contributed by atoms with Gasteiger partial charge in [0.05, 0.1) is 17.2 Å². The third-order valence-corrected chi connectivity index (χ3v) is 4.66. The molecule has 2 heterocycles. The third-order valence-electron chi connectivity index (χ3n) is 4.25. The highest BCUT2D eigenvalue weighted by molar-refractivity contribution is 9.10. The SMILES string of the molecule is O=C(Nc1cccc(Cn2cc(Br)cn2)c1)c1ccn(COc2ccc(F)cc2F)n1. The maximum atomic E-state index is 13.6. The molecule has 10 heteroatoms. The molecule has 2 aromatic carbocycles. The zero-order valence-corrected chi connectivity index (χ0v) is 17.6. The molecule has 0 bridgehead atoms. The fourth-order valence-electron chi connectivity index (χ4n) is 2.84. The van der Waals surface area contributed by atoms with Gasteiger partial charge in [-0.2, -0.15) is 10.2 Å². The summed E-state index contributed by atoms with van der Waals surface area (Å²) >= 11 is 3.36. The molecule has 0 saturated carbocycles. The summed E-state index contributed by atoms with van der Waals surface area (Å²) in [6.45, 7) is 0.423. The molecule has 4 rings (SSSR count). The minimum absolute atomic E-state index is 0.107. The van der Waals surface area contributed by atoms with Crippen molar-refractivity contribution in [3.63, 3.8) is 0 Å². The number of amides is 1. The van der Waals surface area contributed by atoms with Crippen LogP contribution in [0.2, 0.25) is 0 Å². The lowest BCUT2D eigenvalue weighted by Crippen LogP contribution is -2.14. The lowest BCUT2D eigenvalue weighted by molar-refractivity contribution is 0.102. The Morgan fingerprint density at radius 3 is 2.77 bits per heavy atom. The summed E-state index contributed by atoms with van der Waals surface area (Å²) < 4.78 is 35.9. The zero-order valence-electron chi connectivity index (χ0n) is 16.0. The predicted octanol–water partition coefficient (Wildman–Crippen LogP) is 4.46. The largest absolute Gasteiger partial charge is 0.468 e. The normalized spacial score (nSPS) is 10.8. The molecule has 0 unspecified atom stereocenters. The lowest BCUT2D eigenvalue weighted by Gasteiger charge is -2.08. The van der Waals surface area contributed by atoms with Gasteiger partial charge in [0, 0.05) is 24.1 Å². The summed E-state index contributed by atoms with van der Waals surface area (Å²) in [5.74, 6) is -2.01. The maximum absolute atomic E-state index is 13.6. The summed E-state index contributed by atoms with van der Waals surface area (Å²) in [4.78, 5) is 12.5. The first-order valence-electron chi connectivity index (χ1n) is 9.16. The van der Waals surface area contributed by atoms with Crippen LogP contribution >= 0.6 is 15.9 Å². The van der Waals surface area contributed by atoms with Crippen molar-refractivity contribution in [3.8, 4) is 5.75 Å². The molecule has 0 aliphatic rings. The number of hydrogen-bond acceptors (Lipinski definition) is 4. The average molecular weight is 488 g/mol. The van der Waals surface area contributed by atoms with Gasteiger partial charge in [-0.3, -0.25) is 9.48 Å². The summed E-state index contributed by atoms with van der Waals surface area (Å²) in [5, 5.41) is 11.1. The molecule has 31 heavy (non-hydrogen) atoms. The molecule has 7 nitrogen and oxygen atoms in total. The van der Waals surface area contributed by atoms with Crippen LogP contribution in [0, 0.1) is 11.6 Å². The molecule has 1 N–H and O–H groups in total. The van der Waals surface area contributed by atoms with Crippen LogP contribution in [0.15, 0.2) is 71.6 Å². The van der Waals surface area contributed by atoms with Crippen molar-refractivity contribution in [2.45, 2.75) is 13.3 Å². The van der Waals surface area contributed by atoms with Crippen LogP contribution in [0.4, 0.5) is 14.5 Å². The van der Waals surface area contributed by atoms with Gasteiger partial charge in [0.25, 0.3) is 5.91 Å². The van der Waals surface area contributed by atoms with E-state index in [1.807, 2.05) is 24.4 Å². The fourth-order valence-corrected chi connectivity index (χ4v) is 3.16. The Bertz CT molecular complexity index is 1220. The second-order valence-corrected chi connectivity index (χ2v) is 7.51. The Morgan fingerprint density at radius 2 is 2.00 bits per heavy atom. The third kappa shape index (κ3) is 5.34. The van der Waals surface area contributed by atoms with Crippen molar-refractivity contribution < 1.29 is 18.3 Å². The minimum Gasteiger partial charge on any atom is -0.468 e. The highest BCUT2D eigenvalue weighted by Crippen LogP contribution is 2.18. The molecule has 1 amide bonds. The summed E-state index contributed by atoms with van der Waals surface area (Å²) in [7, 11) is 0. The van der Waals surface area contributed by atoms with Crippen LogP contribution in [0.1, 0.15) is 16.1 Å². The molecule has 0 saturated heterocycles. The number of rotatable bonds is 7. The first kappa shape index (κ1) is 20.7. The van der Waals surface area contributed by atoms with Crippen molar-refractivity contribution in [2.24, 2.45) is 0 Å². The van der Waals surface area contributed by atoms with Gasteiger partial charge in [0.15, 0.2) is 24.0 Å². The van der Waals surface area contributed by atoms with Crippen molar-refractivity contribution in [1.29, 1.82) is 0 Å². The molecule has 0 radical (unpaired) electrons. The highest BCUT2D eigenvalue weighted by atomic mass is 79.9. The number of carbonyl (C=O) groups excluding carboxylic acids is 1. The Labute approximate surface area is 184 Å². The molecule has 0 atom stereocenters. The van der Waals surface area contributed by atoms with Gasteiger partial charge in [0.1, 0.15) is 5.82 Å². The molecular formula is C21H16BrF2N5O2. The van der Waals surface area contributed by atoms with E-state index in [1.165, 1.54) is 23.0 Å². The van der Waals surface area contributed by atoms with E-state index in [4.69, 9.17) is 4.74 Å². The van der Waals surface area contributed by atoms with Crippen LogP contribution in [0.25, 0.3) is 0 Å². The average Bonchev–Trinajstić information content (AvgIpc) is 3.37. The topological polar surface area (TPSA) is 74.0 Å². The van der Waals surface area contributed by atoms with Gasteiger partial charge in [-0.15, -0.1) is 0 Å². The van der Waals surface area contributed by atoms with Gasteiger partial charge < -0.3 is 10.1 Å². The Morgan fingerprint density at radius 1 is 1.13 bits per heavy atom. The molecule has 158 valence electrons. The summed E-state index contributed by atoms with van der Waals surface area (Å²) in [6.07, 6.45) is 5.09. The van der Waals surface area contributed by atoms with E-state index in [0.29, 0.717) is 12.2 Å². The monoisotopic (exact) mass is 487 g/mol. The van der Waals surface area contributed by atoms with E-state index in [9.17, 15) is 13.6 Å². The molecule has 0 aliphatic carbocycles.